The Balaban J connectivity index is 1.73. The van der Waals surface area contributed by atoms with E-state index in [0.717, 1.165) is 11.3 Å². The lowest BCUT2D eigenvalue weighted by atomic mass is 9.84. The summed E-state index contributed by atoms with van der Waals surface area (Å²) in [6.45, 7) is 8.11. The number of para-hydroxylation sites is 1. The van der Waals surface area contributed by atoms with Gasteiger partial charge in [0, 0.05) is 0 Å². The van der Waals surface area contributed by atoms with Crippen LogP contribution in [0.2, 0.25) is 0 Å². The van der Waals surface area contributed by atoms with E-state index in [-0.39, 0.29) is 11.2 Å². The zero-order chi connectivity index (χ0) is 15.8. The molecule has 1 fully saturated rings. The van der Waals surface area contributed by atoms with Crippen LogP contribution in [0.25, 0.3) is 0 Å². The van der Waals surface area contributed by atoms with Gasteiger partial charge in [-0.1, -0.05) is 18.2 Å². The molecule has 1 saturated heterocycles. The molecule has 3 rings (SSSR count). The van der Waals surface area contributed by atoms with Gasteiger partial charge in [-0.15, -0.1) is 0 Å². The molecular weight excluding hydrogens is 277 g/mol. The average Bonchev–Trinajstić information content (AvgIpc) is 2.69. The van der Waals surface area contributed by atoms with E-state index in [0.29, 0.717) is 5.75 Å². The van der Waals surface area contributed by atoms with Gasteiger partial charge in [0.25, 0.3) is 0 Å². The van der Waals surface area contributed by atoms with Crippen LogP contribution in [0.4, 0.5) is 0 Å². The van der Waals surface area contributed by atoms with Gasteiger partial charge in [0.15, 0.2) is 0 Å². The third-order valence-electron chi connectivity index (χ3n) is 4.23. The van der Waals surface area contributed by atoms with Crippen LogP contribution < -0.4 is 10.3 Å². The molecular formula is C17H20BNO3. The number of hydrogen-bond acceptors (Lipinski definition) is 4. The van der Waals surface area contributed by atoms with Gasteiger partial charge < -0.3 is 14.0 Å². The van der Waals surface area contributed by atoms with Gasteiger partial charge in [-0.05, 0) is 52.0 Å². The maximum atomic E-state index is 5.98. The van der Waals surface area contributed by atoms with Gasteiger partial charge in [0.2, 0.25) is 0 Å². The van der Waals surface area contributed by atoms with Gasteiger partial charge in [0.1, 0.15) is 11.5 Å². The Morgan fingerprint density at radius 3 is 2.05 bits per heavy atom. The molecule has 114 valence electrons. The number of nitrogens with zero attached hydrogens (tertiary/aromatic N) is 1. The van der Waals surface area contributed by atoms with Crippen LogP contribution in [0.1, 0.15) is 27.7 Å². The maximum absolute atomic E-state index is 5.98. The summed E-state index contributed by atoms with van der Waals surface area (Å²) in [7, 11) is -0.448. The molecule has 0 saturated carbocycles. The topological polar surface area (TPSA) is 40.6 Å². The van der Waals surface area contributed by atoms with Crippen LogP contribution in [0.3, 0.4) is 0 Å². The summed E-state index contributed by atoms with van der Waals surface area (Å²) in [5, 5.41) is 0. The predicted molar refractivity (Wildman–Crippen MR) is 86.5 cm³/mol. The molecule has 1 aromatic carbocycles. The zero-order valence-electron chi connectivity index (χ0n) is 13.4. The van der Waals surface area contributed by atoms with E-state index in [1.54, 1.807) is 6.20 Å². The van der Waals surface area contributed by atoms with Crippen LogP contribution in [0, 0.1) is 0 Å². The van der Waals surface area contributed by atoms with Crippen molar-refractivity contribution in [3.05, 3.63) is 48.7 Å². The van der Waals surface area contributed by atoms with E-state index in [1.807, 2.05) is 70.2 Å². The summed E-state index contributed by atoms with van der Waals surface area (Å²) in [5.41, 5.74) is 0.0240. The molecule has 1 aliphatic heterocycles. The fourth-order valence-electron chi connectivity index (χ4n) is 2.18. The Hall–Kier alpha value is -1.85. The SMILES string of the molecule is CC1(C)OB(c2ccc(Oc3ccccc3)cn2)OC1(C)C. The zero-order valence-corrected chi connectivity index (χ0v) is 13.4. The van der Waals surface area contributed by atoms with Crippen molar-refractivity contribution in [2.45, 2.75) is 38.9 Å². The Labute approximate surface area is 131 Å². The van der Waals surface area contributed by atoms with Gasteiger partial charge in [-0.3, -0.25) is 4.98 Å². The second kappa shape index (κ2) is 5.41. The summed E-state index contributed by atoms with van der Waals surface area (Å²) in [4.78, 5) is 4.41. The van der Waals surface area contributed by atoms with Crippen LogP contribution in [-0.4, -0.2) is 23.3 Å². The normalized spacial score (nSPS) is 19.2. The van der Waals surface area contributed by atoms with Crippen LogP contribution in [-0.2, 0) is 9.31 Å². The molecule has 0 radical (unpaired) electrons. The summed E-state index contributed by atoms with van der Waals surface area (Å²) in [6.07, 6.45) is 1.69. The number of ether oxygens (including phenoxy) is 1. The van der Waals surface area contributed by atoms with E-state index in [9.17, 15) is 0 Å². The first-order chi connectivity index (χ1) is 10.4. The molecule has 0 spiro atoms. The molecule has 2 heterocycles. The smallest absolute Gasteiger partial charge is 0.456 e. The molecule has 0 aliphatic carbocycles. The highest BCUT2D eigenvalue weighted by Crippen LogP contribution is 2.36. The third kappa shape index (κ3) is 2.87. The Kier molecular flexibility index (Phi) is 3.71. The number of hydrogen-bond donors (Lipinski definition) is 0. The van der Waals surface area contributed by atoms with Crippen LogP contribution in [0.5, 0.6) is 11.5 Å². The summed E-state index contributed by atoms with van der Waals surface area (Å²) in [5.74, 6) is 1.47. The van der Waals surface area contributed by atoms with Crippen molar-refractivity contribution in [1.82, 2.24) is 4.98 Å². The quantitative estimate of drug-likeness (QED) is 0.816. The molecule has 0 unspecified atom stereocenters. The first kappa shape index (κ1) is 15.1. The molecule has 0 N–H and O–H groups in total. The second-order valence-corrected chi connectivity index (χ2v) is 6.42. The van der Waals surface area contributed by atoms with Crippen molar-refractivity contribution >= 4 is 12.7 Å². The fraction of sp³-hybridized carbons (Fsp3) is 0.353. The number of pyridine rings is 1. The van der Waals surface area contributed by atoms with E-state index in [4.69, 9.17) is 14.0 Å². The van der Waals surface area contributed by atoms with E-state index >= 15 is 0 Å². The first-order valence-electron chi connectivity index (χ1n) is 7.42. The summed E-state index contributed by atoms with van der Waals surface area (Å²) < 4.78 is 17.7. The van der Waals surface area contributed by atoms with Crippen LogP contribution in [0.15, 0.2) is 48.7 Å². The highest BCUT2D eigenvalue weighted by atomic mass is 16.7. The molecule has 0 amide bonds. The molecule has 0 atom stereocenters. The van der Waals surface area contributed by atoms with Crippen molar-refractivity contribution in [2.24, 2.45) is 0 Å². The summed E-state index contributed by atoms with van der Waals surface area (Å²) >= 11 is 0. The van der Waals surface area contributed by atoms with Gasteiger partial charge >= 0.3 is 7.12 Å². The second-order valence-electron chi connectivity index (χ2n) is 6.42. The lowest BCUT2D eigenvalue weighted by Gasteiger charge is -2.32. The number of rotatable bonds is 3. The Bertz CT molecular complexity index is 625. The standard InChI is InChI=1S/C17H20BNO3/c1-16(2)17(3,4)22-18(21-16)15-11-10-14(12-19-15)20-13-8-6-5-7-9-13/h5-12H,1-4H3. The largest absolute Gasteiger partial charge is 0.514 e. The number of benzene rings is 1. The minimum absolute atomic E-state index is 0.363. The van der Waals surface area contributed by atoms with E-state index in [1.165, 1.54) is 0 Å². The van der Waals surface area contributed by atoms with E-state index < -0.39 is 7.12 Å². The average molecular weight is 297 g/mol. The number of aromatic nitrogens is 1. The van der Waals surface area contributed by atoms with E-state index in [2.05, 4.69) is 4.98 Å². The molecule has 1 aliphatic rings. The highest BCUT2D eigenvalue weighted by Gasteiger charge is 2.52. The summed E-state index contributed by atoms with van der Waals surface area (Å²) in [6, 6.07) is 13.4. The maximum Gasteiger partial charge on any atom is 0.514 e. The Morgan fingerprint density at radius 1 is 0.864 bits per heavy atom. The van der Waals surface area contributed by atoms with Crippen molar-refractivity contribution in [2.75, 3.05) is 0 Å². The minimum atomic E-state index is -0.448. The molecule has 2 aromatic rings. The lowest BCUT2D eigenvalue weighted by molar-refractivity contribution is 0.00578. The molecule has 4 nitrogen and oxygen atoms in total. The first-order valence-corrected chi connectivity index (χ1v) is 7.42. The van der Waals surface area contributed by atoms with Crippen molar-refractivity contribution in [3.8, 4) is 11.5 Å². The predicted octanol–water partition coefficient (Wildman–Crippen LogP) is 3.17. The Morgan fingerprint density at radius 2 is 1.50 bits per heavy atom. The molecule has 1 aromatic heterocycles. The third-order valence-corrected chi connectivity index (χ3v) is 4.23. The van der Waals surface area contributed by atoms with Crippen molar-refractivity contribution in [1.29, 1.82) is 0 Å². The fourth-order valence-corrected chi connectivity index (χ4v) is 2.18. The molecule has 0 bridgehead atoms. The highest BCUT2D eigenvalue weighted by molar-refractivity contribution is 6.61. The minimum Gasteiger partial charge on any atom is -0.456 e. The molecule has 5 heteroatoms. The van der Waals surface area contributed by atoms with Gasteiger partial charge in [-0.25, -0.2) is 0 Å². The van der Waals surface area contributed by atoms with Crippen molar-refractivity contribution < 1.29 is 14.0 Å². The van der Waals surface area contributed by atoms with Crippen molar-refractivity contribution in [3.63, 3.8) is 0 Å². The van der Waals surface area contributed by atoms with Gasteiger partial charge in [0.05, 0.1) is 23.0 Å². The monoisotopic (exact) mass is 297 g/mol. The van der Waals surface area contributed by atoms with Gasteiger partial charge in [-0.2, -0.15) is 0 Å². The van der Waals surface area contributed by atoms with Crippen LogP contribution >= 0.6 is 0 Å². The molecule has 22 heavy (non-hydrogen) atoms. The lowest BCUT2D eigenvalue weighted by Crippen LogP contribution is -2.41.